The molecule has 2 saturated carbocycles. The number of hydrogen-bond donors (Lipinski definition) is 1. The minimum atomic E-state index is -0.369. The van der Waals surface area contributed by atoms with Crippen LogP contribution in [0.3, 0.4) is 0 Å². The number of fused-ring (bicyclic) bond motifs is 1. The Labute approximate surface area is 118 Å². The van der Waals surface area contributed by atoms with Gasteiger partial charge in [0.05, 0.1) is 11.1 Å². The Hall–Kier alpha value is -1.42. The molecular weight excluding hydrogens is 253 g/mol. The van der Waals surface area contributed by atoms with E-state index < -0.39 is 0 Å². The number of nitrogens with zero attached hydrogens (tertiary/aromatic N) is 2. The molecule has 0 atom stereocenters. The fraction of sp³-hybridized carbons (Fsp3) is 0.562. The van der Waals surface area contributed by atoms with Gasteiger partial charge in [-0.3, -0.25) is 0 Å². The third-order valence-corrected chi connectivity index (χ3v) is 4.77. The molecule has 4 heteroatoms. The lowest BCUT2D eigenvalue weighted by Crippen LogP contribution is -2.41. The fourth-order valence-corrected chi connectivity index (χ4v) is 3.54. The smallest absolute Gasteiger partial charge is 0.151 e. The SMILES string of the molecule is NC1(c2nc3c(F)cccc3n2C2CC2)CCCCC1. The number of benzene rings is 1. The summed E-state index contributed by atoms with van der Waals surface area (Å²) < 4.78 is 16.3. The molecule has 106 valence electrons. The van der Waals surface area contributed by atoms with Gasteiger partial charge >= 0.3 is 0 Å². The van der Waals surface area contributed by atoms with Gasteiger partial charge in [-0.15, -0.1) is 0 Å². The van der Waals surface area contributed by atoms with Gasteiger partial charge in [0, 0.05) is 6.04 Å². The maximum atomic E-state index is 14.0. The number of aromatic nitrogens is 2. The van der Waals surface area contributed by atoms with E-state index in [2.05, 4.69) is 9.55 Å². The Kier molecular flexibility index (Phi) is 2.64. The molecule has 0 aliphatic heterocycles. The number of para-hydroxylation sites is 1. The van der Waals surface area contributed by atoms with Gasteiger partial charge in [-0.2, -0.15) is 0 Å². The van der Waals surface area contributed by atoms with Crippen molar-refractivity contribution in [2.75, 3.05) is 0 Å². The Morgan fingerprint density at radius 2 is 1.95 bits per heavy atom. The third kappa shape index (κ3) is 1.78. The quantitative estimate of drug-likeness (QED) is 0.908. The van der Waals surface area contributed by atoms with Crippen molar-refractivity contribution in [2.45, 2.75) is 56.5 Å². The fourth-order valence-electron chi connectivity index (χ4n) is 3.54. The number of hydrogen-bond acceptors (Lipinski definition) is 2. The van der Waals surface area contributed by atoms with Crippen LogP contribution in [0.2, 0.25) is 0 Å². The second-order valence-corrected chi connectivity index (χ2v) is 6.36. The summed E-state index contributed by atoms with van der Waals surface area (Å²) in [5.41, 5.74) is 7.69. The molecule has 20 heavy (non-hydrogen) atoms. The summed E-state index contributed by atoms with van der Waals surface area (Å²) in [6.45, 7) is 0. The zero-order valence-corrected chi connectivity index (χ0v) is 11.6. The van der Waals surface area contributed by atoms with E-state index in [1.807, 2.05) is 6.07 Å². The molecule has 2 N–H and O–H groups in total. The number of nitrogens with two attached hydrogens (primary N) is 1. The molecule has 1 aromatic heterocycles. The second kappa shape index (κ2) is 4.29. The van der Waals surface area contributed by atoms with Crippen molar-refractivity contribution >= 4 is 11.0 Å². The van der Waals surface area contributed by atoms with E-state index >= 15 is 0 Å². The van der Waals surface area contributed by atoms with Crippen molar-refractivity contribution < 1.29 is 4.39 Å². The summed E-state index contributed by atoms with van der Waals surface area (Å²) in [5.74, 6) is 0.683. The highest BCUT2D eigenvalue weighted by molar-refractivity contribution is 5.77. The first-order valence-electron chi connectivity index (χ1n) is 7.65. The average molecular weight is 273 g/mol. The lowest BCUT2D eigenvalue weighted by Gasteiger charge is -2.33. The Morgan fingerprint density at radius 1 is 1.20 bits per heavy atom. The highest BCUT2D eigenvalue weighted by atomic mass is 19.1. The highest BCUT2D eigenvalue weighted by Gasteiger charge is 2.38. The van der Waals surface area contributed by atoms with Crippen LogP contribution in [0.25, 0.3) is 11.0 Å². The van der Waals surface area contributed by atoms with Crippen LogP contribution in [0, 0.1) is 5.82 Å². The van der Waals surface area contributed by atoms with E-state index in [0.717, 1.165) is 49.9 Å². The van der Waals surface area contributed by atoms with Gasteiger partial charge in [-0.25, -0.2) is 9.37 Å². The van der Waals surface area contributed by atoms with Gasteiger partial charge in [-0.1, -0.05) is 25.3 Å². The average Bonchev–Trinajstić information content (AvgIpc) is 3.20. The Balaban J connectivity index is 1.94. The molecule has 4 rings (SSSR count). The van der Waals surface area contributed by atoms with Crippen LogP contribution in [0.5, 0.6) is 0 Å². The molecule has 2 aromatic rings. The van der Waals surface area contributed by atoms with E-state index in [1.165, 1.54) is 12.5 Å². The zero-order valence-electron chi connectivity index (χ0n) is 11.6. The first-order valence-corrected chi connectivity index (χ1v) is 7.65. The molecule has 0 bridgehead atoms. The van der Waals surface area contributed by atoms with E-state index in [-0.39, 0.29) is 11.4 Å². The molecule has 2 fully saturated rings. The molecule has 3 nitrogen and oxygen atoms in total. The molecule has 0 saturated heterocycles. The number of halogens is 1. The topological polar surface area (TPSA) is 43.8 Å². The van der Waals surface area contributed by atoms with Crippen LogP contribution in [0.4, 0.5) is 4.39 Å². The predicted molar refractivity (Wildman–Crippen MR) is 76.9 cm³/mol. The molecule has 0 unspecified atom stereocenters. The summed E-state index contributed by atoms with van der Waals surface area (Å²) >= 11 is 0. The molecule has 2 aliphatic rings. The van der Waals surface area contributed by atoms with Crippen LogP contribution in [-0.4, -0.2) is 9.55 Å². The lowest BCUT2D eigenvalue weighted by molar-refractivity contribution is 0.279. The molecule has 1 aromatic carbocycles. The van der Waals surface area contributed by atoms with E-state index in [1.54, 1.807) is 6.07 Å². The summed E-state index contributed by atoms with van der Waals surface area (Å²) in [6, 6.07) is 5.70. The Morgan fingerprint density at radius 3 is 2.65 bits per heavy atom. The molecule has 1 heterocycles. The van der Waals surface area contributed by atoms with Gasteiger partial charge in [0.15, 0.2) is 5.82 Å². The summed E-state index contributed by atoms with van der Waals surface area (Å²) in [4.78, 5) is 4.63. The second-order valence-electron chi connectivity index (χ2n) is 6.36. The summed E-state index contributed by atoms with van der Waals surface area (Å²) in [6.07, 6.45) is 7.78. The third-order valence-electron chi connectivity index (χ3n) is 4.77. The molecule has 0 radical (unpaired) electrons. The summed E-state index contributed by atoms with van der Waals surface area (Å²) in [5, 5.41) is 0. The van der Waals surface area contributed by atoms with E-state index in [0.29, 0.717) is 11.6 Å². The molecule has 2 aliphatic carbocycles. The van der Waals surface area contributed by atoms with Crippen LogP contribution in [0.1, 0.15) is 56.8 Å². The summed E-state index contributed by atoms with van der Waals surface area (Å²) in [7, 11) is 0. The van der Waals surface area contributed by atoms with Crippen LogP contribution in [-0.2, 0) is 5.54 Å². The van der Waals surface area contributed by atoms with Crippen molar-refractivity contribution in [2.24, 2.45) is 5.73 Å². The van der Waals surface area contributed by atoms with Gasteiger partial charge in [0.2, 0.25) is 0 Å². The highest BCUT2D eigenvalue weighted by Crippen LogP contribution is 2.43. The largest absolute Gasteiger partial charge is 0.323 e. The van der Waals surface area contributed by atoms with E-state index in [4.69, 9.17) is 5.73 Å². The normalized spacial score (nSPS) is 22.3. The maximum absolute atomic E-state index is 14.0. The Bertz CT molecular complexity index is 651. The van der Waals surface area contributed by atoms with Gasteiger partial charge < -0.3 is 10.3 Å². The molecular formula is C16H20FN3. The predicted octanol–water partition coefficient (Wildman–Crippen LogP) is 3.63. The van der Waals surface area contributed by atoms with Crippen molar-refractivity contribution in [3.8, 4) is 0 Å². The zero-order chi connectivity index (χ0) is 13.7. The van der Waals surface area contributed by atoms with Crippen molar-refractivity contribution in [1.82, 2.24) is 9.55 Å². The molecule has 0 amide bonds. The van der Waals surface area contributed by atoms with Crippen molar-refractivity contribution in [1.29, 1.82) is 0 Å². The van der Waals surface area contributed by atoms with Gasteiger partial charge in [0.1, 0.15) is 11.3 Å². The van der Waals surface area contributed by atoms with Crippen LogP contribution in [0.15, 0.2) is 18.2 Å². The molecule has 0 spiro atoms. The minimum Gasteiger partial charge on any atom is -0.323 e. The van der Waals surface area contributed by atoms with Crippen molar-refractivity contribution in [3.05, 3.63) is 29.8 Å². The van der Waals surface area contributed by atoms with Gasteiger partial charge in [-0.05, 0) is 37.8 Å². The van der Waals surface area contributed by atoms with Crippen molar-refractivity contribution in [3.63, 3.8) is 0 Å². The van der Waals surface area contributed by atoms with E-state index in [9.17, 15) is 4.39 Å². The van der Waals surface area contributed by atoms with Crippen LogP contribution < -0.4 is 5.73 Å². The maximum Gasteiger partial charge on any atom is 0.151 e. The standard InChI is InChI=1S/C16H20FN3/c17-12-5-4-6-13-14(12)19-15(20(13)11-7-8-11)16(18)9-2-1-3-10-16/h4-6,11H,1-3,7-10,18H2. The number of imidazole rings is 1. The number of rotatable bonds is 2. The minimum absolute atomic E-state index is 0.234. The first kappa shape index (κ1) is 12.3. The monoisotopic (exact) mass is 273 g/mol. The van der Waals surface area contributed by atoms with Crippen LogP contribution >= 0.6 is 0 Å². The lowest BCUT2D eigenvalue weighted by atomic mass is 9.82. The first-order chi connectivity index (χ1) is 9.69. The van der Waals surface area contributed by atoms with Gasteiger partial charge in [0.25, 0.3) is 0 Å².